The molecule has 0 unspecified atom stereocenters. The summed E-state index contributed by atoms with van der Waals surface area (Å²) in [5.41, 5.74) is 1.76. The molecule has 134 valence electrons. The molecule has 3 rings (SSSR count). The predicted octanol–water partition coefficient (Wildman–Crippen LogP) is 3.91. The van der Waals surface area contributed by atoms with Crippen molar-refractivity contribution >= 4 is 5.91 Å². The Morgan fingerprint density at radius 2 is 1.96 bits per heavy atom. The molecular weight excluding hydrogens is 335 g/mol. The molecule has 0 spiro atoms. The summed E-state index contributed by atoms with van der Waals surface area (Å²) in [5.74, 6) is 0.282. The Morgan fingerprint density at radius 3 is 2.69 bits per heavy atom. The lowest BCUT2D eigenvalue weighted by Crippen LogP contribution is -2.35. The molecule has 1 N–H and O–H groups in total. The fourth-order valence-electron chi connectivity index (χ4n) is 2.61. The van der Waals surface area contributed by atoms with Gasteiger partial charge in [0.15, 0.2) is 5.76 Å². The van der Waals surface area contributed by atoms with Crippen molar-refractivity contribution in [2.24, 2.45) is 0 Å². The number of oxazole rings is 1. The van der Waals surface area contributed by atoms with Gasteiger partial charge in [-0.15, -0.1) is 0 Å². The van der Waals surface area contributed by atoms with Gasteiger partial charge in [0.25, 0.3) is 5.91 Å². The topological polar surface area (TPSA) is 64.4 Å². The number of methoxy groups -OCH3 is 1. The molecule has 1 heterocycles. The molecule has 0 aliphatic carbocycles. The van der Waals surface area contributed by atoms with E-state index in [4.69, 9.17) is 9.15 Å². The molecule has 6 heteroatoms. The molecule has 0 saturated heterocycles. The lowest BCUT2D eigenvalue weighted by atomic mass is 10.1. The second-order valence-electron chi connectivity index (χ2n) is 5.91. The first-order valence-electron chi connectivity index (χ1n) is 8.19. The third-order valence-corrected chi connectivity index (χ3v) is 3.83. The van der Waals surface area contributed by atoms with Gasteiger partial charge in [0.05, 0.1) is 18.4 Å². The van der Waals surface area contributed by atoms with Crippen molar-refractivity contribution in [3.8, 4) is 22.8 Å². The summed E-state index contributed by atoms with van der Waals surface area (Å²) in [4.78, 5) is 16.8. The summed E-state index contributed by atoms with van der Waals surface area (Å²) in [6, 6.07) is 12.9. The van der Waals surface area contributed by atoms with Crippen LogP contribution in [0.15, 0.2) is 59.1 Å². The smallest absolute Gasteiger partial charge is 0.252 e. The van der Waals surface area contributed by atoms with Crippen molar-refractivity contribution in [3.63, 3.8) is 0 Å². The molecule has 5 nitrogen and oxygen atoms in total. The maximum Gasteiger partial charge on any atom is 0.252 e. The third-order valence-electron chi connectivity index (χ3n) is 3.83. The van der Waals surface area contributed by atoms with E-state index in [9.17, 15) is 9.18 Å². The van der Waals surface area contributed by atoms with Gasteiger partial charge < -0.3 is 14.5 Å². The van der Waals surface area contributed by atoms with E-state index in [1.54, 1.807) is 43.6 Å². The highest BCUT2D eigenvalue weighted by atomic mass is 19.1. The molecule has 2 aromatic carbocycles. The number of aromatic nitrogens is 1. The van der Waals surface area contributed by atoms with Gasteiger partial charge in [-0.2, -0.15) is 0 Å². The monoisotopic (exact) mass is 354 g/mol. The zero-order valence-corrected chi connectivity index (χ0v) is 14.5. The largest absolute Gasteiger partial charge is 0.436 e. The highest BCUT2D eigenvalue weighted by Crippen LogP contribution is 2.28. The average molecular weight is 354 g/mol. The molecule has 3 aromatic rings. The first-order chi connectivity index (χ1) is 12.6. The Kier molecular flexibility index (Phi) is 5.43. The Hall–Kier alpha value is -2.99. The molecule has 0 aliphatic rings. The van der Waals surface area contributed by atoms with E-state index in [1.807, 2.05) is 13.0 Å². The number of rotatable bonds is 6. The lowest BCUT2D eigenvalue weighted by Gasteiger charge is -2.14. The number of benzene rings is 2. The Bertz CT molecular complexity index is 890. The molecule has 1 amide bonds. The van der Waals surface area contributed by atoms with E-state index in [-0.39, 0.29) is 17.8 Å². The molecule has 0 aliphatic heterocycles. The second kappa shape index (κ2) is 7.93. The van der Waals surface area contributed by atoms with Gasteiger partial charge in [-0.1, -0.05) is 12.1 Å². The maximum atomic E-state index is 13.1. The number of amides is 1. The van der Waals surface area contributed by atoms with Crippen LogP contribution in [0, 0.1) is 5.82 Å². The van der Waals surface area contributed by atoms with E-state index >= 15 is 0 Å². The zero-order chi connectivity index (χ0) is 18.5. The average Bonchev–Trinajstić information content (AvgIpc) is 3.12. The normalized spacial score (nSPS) is 12.0. The first-order valence-corrected chi connectivity index (χ1v) is 8.19. The highest BCUT2D eigenvalue weighted by molar-refractivity contribution is 6.00. The number of carbonyl (C=O) groups excluding carboxylic acids is 1. The number of nitrogens with zero attached hydrogens (tertiary/aromatic N) is 1. The summed E-state index contributed by atoms with van der Waals surface area (Å²) >= 11 is 0. The molecular formula is C20H19FN2O3. The van der Waals surface area contributed by atoms with E-state index in [1.165, 1.54) is 12.1 Å². The highest BCUT2D eigenvalue weighted by Gasteiger charge is 2.18. The van der Waals surface area contributed by atoms with Gasteiger partial charge in [-0.25, -0.2) is 9.37 Å². The molecule has 1 aromatic heterocycles. The molecule has 0 bridgehead atoms. The third kappa shape index (κ3) is 3.97. The van der Waals surface area contributed by atoms with E-state index < -0.39 is 0 Å². The molecule has 26 heavy (non-hydrogen) atoms. The van der Waals surface area contributed by atoms with Crippen LogP contribution in [0.4, 0.5) is 4.39 Å². The van der Waals surface area contributed by atoms with Crippen molar-refractivity contribution in [2.45, 2.75) is 13.0 Å². The van der Waals surface area contributed by atoms with Crippen LogP contribution in [0.5, 0.6) is 0 Å². The van der Waals surface area contributed by atoms with Crippen LogP contribution >= 0.6 is 0 Å². The minimum Gasteiger partial charge on any atom is -0.436 e. The number of hydrogen-bond donors (Lipinski definition) is 1. The summed E-state index contributed by atoms with van der Waals surface area (Å²) in [6.07, 6.45) is 1.56. The van der Waals surface area contributed by atoms with E-state index in [0.29, 0.717) is 34.9 Å². The number of hydrogen-bond acceptors (Lipinski definition) is 4. The van der Waals surface area contributed by atoms with Gasteiger partial charge in [0.1, 0.15) is 5.82 Å². The number of carbonyl (C=O) groups is 1. The van der Waals surface area contributed by atoms with E-state index in [2.05, 4.69) is 10.3 Å². The second-order valence-corrected chi connectivity index (χ2v) is 5.91. The van der Waals surface area contributed by atoms with E-state index in [0.717, 1.165) is 0 Å². The molecule has 0 saturated carbocycles. The lowest BCUT2D eigenvalue weighted by molar-refractivity contribution is 0.0906. The Balaban J connectivity index is 1.88. The Labute approximate surface area is 150 Å². The number of nitrogens with one attached hydrogen (secondary N) is 1. The summed E-state index contributed by atoms with van der Waals surface area (Å²) in [6.45, 7) is 2.28. The van der Waals surface area contributed by atoms with Crippen molar-refractivity contribution in [3.05, 3.63) is 66.1 Å². The van der Waals surface area contributed by atoms with Crippen molar-refractivity contribution in [1.82, 2.24) is 10.3 Å². The van der Waals surface area contributed by atoms with Gasteiger partial charge >= 0.3 is 0 Å². The van der Waals surface area contributed by atoms with Crippen molar-refractivity contribution < 1.29 is 18.3 Å². The van der Waals surface area contributed by atoms with Crippen LogP contribution in [0.1, 0.15) is 17.3 Å². The van der Waals surface area contributed by atoms with Gasteiger partial charge in [-0.05, 0) is 43.3 Å². The van der Waals surface area contributed by atoms with Crippen LogP contribution in [-0.4, -0.2) is 30.6 Å². The maximum absolute atomic E-state index is 13.1. The summed E-state index contributed by atoms with van der Waals surface area (Å²) in [7, 11) is 1.58. The van der Waals surface area contributed by atoms with Crippen LogP contribution in [-0.2, 0) is 4.74 Å². The molecule has 1 atom stereocenters. The fraction of sp³-hybridized carbons (Fsp3) is 0.200. The minimum atomic E-state index is -0.319. The van der Waals surface area contributed by atoms with Crippen LogP contribution in [0.3, 0.4) is 0 Å². The SMILES string of the molecule is COC[C@@H](C)NC(=O)c1ccccc1-c1ncc(-c2ccc(F)cc2)o1. The number of halogens is 1. The fourth-order valence-corrected chi connectivity index (χ4v) is 2.61. The quantitative estimate of drug-likeness (QED) is 0.729. The first kappa shape index (κ1) is 17.8. The van der Waals surface area contributed by atoms with Crippen LogP contribution in [0.25, 0.3) is 22.8 Å². The van der Waals surface area contributed by atoms with Gasteiger partial charge in [0.2, 0.25) is 5.89 Å². The van der Waals surface area contributed by atoms with Gasteiger partial charge in [-0.3, -0.25) is 4.79 Å². The molecule has 0 radical (unpaired) electrons. The molecule has 0 fully saturated rings. The predicted molar refractivity (Wildman–Crippen MR) is 96.1 cm³/mol. The standard InChI is InChI=1S/C20H19FN2O3/c1-13(12-25-2)23-19(24)16-5-3-4-6-17(16)20-22-11-18(26-20)14-7-9-15(21)10-8-14/h3-11,13H,12H2,1-2H3,(H,23,24)/t13-/m1/s1. The van der Waals surface area contributed by atoms with Gasteiger partial charge in [0, 0.05) is 24.3 Å². The Morgan fingerprint density at radius 1 is 1.23 bits per heavy atom. The number of ether oxygens (including phenoxy) is 1. The van der Waals surface area contributed by atoms with Crippen molar-refractivity contribution in [1.29, 1.82) is 0 Å². The van der Waals surface area contributed by atoms with Crippen LogP contribution in [0.2, 0.25) is 0 Å². The van der Waals surface area contributed by atoms with Crippen molar-refractivity contribution in [2.75, 3.05) is 13.7 Å². The minimum absolute atomic E-state index is 0.125. The summed E-state index contributed by atoms with van der Waals surface area (Å²) < 4.78 is 23.9. The van der Waals surface area contributed by atoms with Crippen LogP contribution < -0.4 is 5.32 Å². The summed E-state index contributed by atoms with van der Waals surface area (Å²) in [5, 5.41) is 2.88. The zero-order valence-electron chi connectivity index (χ0n) is 14.5.